The molecule has 2 aromatic rings. The van der Waals surface area contributed by atoms with Crippen LogP contribution in [0.1, 0.15) is 30.4 Å². The van der Waals surface area contributed by atoms with E-state index in [2.05, 4.69) is 4.98 Å². The van der Waals surface area contributed by atoms with Crippen LogP contribution in [-0.2, 0) is 4.74 Å². The first kappa shape index (κ1) is 14.1. The van der Waals surface area contributed by atoms with Gasteiger partial charge in [-0.25, -0.2) is 9.78 Å². The minimum absolute atomic E-state index is 0.167. The van der Waals surface area contributed by atoms with Gasteiger partial charge in [-0.2, -0.15) is 0 Å². The average Bonchev–Trinajstić information content (AvgIpc) is 2.91. The first-order chi connectivity index (χ1) is 9.58. The zero-order valence-corrected chi connectivity index (χ0v) is 12.1. The molecular weight excluding hydrogens is 256 g/mol. The SMILES string of the molecule is COC(=O)c1cn(C(C)C)c(-c2ccccc2OC)n1. The van der Waals surface area contributed by atoms with Crippen molar-refractivity contribution < 1.29 is 14.3 Å². The lowest BCUT2D eigenvalue weighted by Gasteiger charge is -2.13. The maximum absolute atomic E-state index is 11.7. The maximum atomic E-state index is 11.7. The second-order valence-corrected chi connectivity index (χ2v) is 4.64. The number of esters is 1. The first-order valence-electron chi connectivity index (χ1n) is 6.39. The van der Waals surface area contributed by atoms with Crippen LogP contribution in [-0.4, -0.2) is 29.7 Å². The number of hydrogen-bond donors (Lipinski definition) is 0. The van der Waals surface area contributed by atoms with Crippen molar-refractivity contribution in [2.45, 2.75) is 19.9 Å². The van der Waals surface area contributed by atoms with Crippen LogP contribution >= 0.6 is 0 Å². The summed E-state index contributed by atoms with van der Waals surface area (Å²) in [4.78, 5) is 16.0. The Hall–Kier alpha value is -2.30. The van der Waals surface area contributed by atoms with E-state index in [9.17, 15) is 4.79 Å². The number of carbonyl (C=O) groups is 1. The van der Waals surface area contributed by atoms with Crippen molar-refractivity contribution in [1.82, 2.24) is 9.55 Å². The predicted molar refractivity (Wildman–Crippen MR) is 75.9 cm³/mol. The molecule has 0 aliphatic rings. The normalized spacial score (nSPS) is 10.7. The lowest BCUT2D eigenvalue weighted by molar-refractivity contribution is 0.0594. The van der Waals surface area contributed by atoms with Crippen molar-refractivity contribution in [3.8, 4) is 17.1 Å². The molecule has 0 unspecified atom stereocenters. The van der Waals surface area contributed by atoms with Crippen LogP contribution in [0.5, 0.6) is 5.75 Å². The third-order valence-corrected chi connectivity index (χ3v) is 3.03. The van der Waals surface area contributed by atoms with E-state index >= 15 is 0 Å². The molecule has 2 rings (SSSR count). The van der Waals surface area contributed by atoms with Crippen molar-refractivity contribution in [1.29, 1.82) is 0 Å². The van der Waals surface area contributed by atoms with Crippen LogP contribution in [0.15, 0.2) is 30.5 Å². The number of aromatic nitrogens is 2. The van der Waals surface area contributed by atoms with E-state index in [1.807, 2.05) is 42.7 Å². The fraction of sp³-hybridized carbons (Fsp3) is 0.333. The number of rotatable bonds is 4. The van der Waals surface area contributed by atoms with E-state index in [-0.39, 0.29) is 6.04 Å². The number of nitrogens with zero attached hydrogens (tertiary/aromatic N) is 2. The lowest BCUT2D eigenvalue weighted by Crippen LogP contribution is -2.02. The van der Waals surface area contributed by atoms with Gasteiger partial charge < -0.3 is 14.0 Å². The summed E-state index contributed by atoms with van der Waals surface area (Å²) in [5.41, 5.74) is 1.14. The van der Waals surface area contributed by atoms with Crippen LogP contribution in [0.25, 0.3) is 11.4 Å². The molecule has 0 bridgehead atoms. The molecular formula is C15H18N2O3. The molecule has 0 aliphatic carbocycles. The molecule has 0 spiro atoms. The van der Waals surface area contributed by atoms with Gasteiger partial charge in [-0.1, -0.05) is 12.1 Å². The van der Waals surface area contributed by atoms with Gasteiger partial charge in [0, 0.05) is 12.2 Å². The largest absolute Gasteiger partial charge is 0.496 e. The summed E-state index contributed by atoms with van der Waals surface area (Å²) in [5, 5.41) is 0. The Morgan fingerprint density at radius 1 is 1.25 bits per heavy atom. The van der Waals surface area contributed by atoms with Crippen molar-refractivity contribution in [3.05, 3.63) is 36.2 Å². The molecule has 0 saturated heterocycles. The number of hydrogen-bond acceptors (Lipinski definition) is 4. The van der Waals surface area contributed by atoms with Crippen LogP contribution in [0.4, 0.5) is 0 Å². The lowest BCUT2D eigenvalue weighted by atomic mass is 10.2. The van der Waals surface area contributed by atoms with Gasteiger partial charge in [0.15, 0.2) is 5.69 Å². The number of carbonyl (C=O) groups excluding carboxylic acids is 1. The van der Waals surface area contributed by atoms with E-state index in [1.165, 1.54) is 7.11 Å². The van der Waals surface area contributed by atoms with Gasteiger partial charge in [0.1, 0.15) is 11.6 Å². The molecule has 20 heavy (non-hydrogen) atoms. The summed E-state index contributed by atoms with van der Waals surface area (Å²) in [5.74, 6) is 0.967. The fourth-order valence-electron chi connectivity index (χ4n) is 2.02. The summed E-state index contributed by atoms with van der Waals surface area (Å²) < 4.78 is 12.0. The van der Waals surface area contributed by atoms with Crippen molar-refractivity contribution >= 4 is 5.97 Å². The molecule has 0 aliphatic heterocycles. The van der Waals surface area contributed by atoms with Gasteiger partial charge in [0.2, 0.25) is 0 Å². The molecule has 0 amide bonds. The molecule has 106 valence electrons. The minimum atomic E-state index is -0.444. The topological polar surface area (TPSA) is 53.4 Å². The van der Waals surface area contributed by atoms with Gasteiger partial charge >= 0.3 is 5.97 Å². The highest BCUT2D eigenvalue weighted by molar-refractivity contribution is 5.88. The third-order valence-electron chi connectivity index (χ3n) is 3.03. The highest BCUT2D eigenvalue weighted by atomic mass is 16.5. The van der Waals surface area contributed by atoms with Crippen molar-refractivity contribution in [2.75, 3.05) is 14.2 Å². The summed E-state index contributed by atoms with van der Waals surface area (Å²) in [7, 11) is 2.96. The van der Waals surface area contributed by atoms with E-state index in [0.29, 0.717) is 11.5 Å². The second kappa shape index (κ2) is 5.77. The number of ether oxygens (including phenoxy) is 2. The molecule has 0 saturated carbocycles. The molecule has 0 N–H and O–H groups in total. The number of benzene rings is 1. The number of imidazole rings is 1. The molecule has 0 radical (unpaired) electrons. The second-order valence-electron chi connectivity index (χ2n) is 4.64. The Balaban J connectivity index is 2.60. The Labute approximate surface area is 118 Å². The molecule has 1 heterocycles. The smallest absolute Gasteiger partial charge is 0.358 e. The highest BCUT2D eigenvalue weighted by Gasteiger charge is 2.19. The van der Waals surface area contributed by atoms with Crippen LogP contribution in [0.3, 0.4) is 0 Å². The van der Waals surface area contributed by atoms with Gasteiger partial charge in [0.25, 0.3) is 0 Å². The minimum Gasteiger partial charge on any atom is -0.496 e. The van der Waals surface area contributed by atoms with Gasteiger partial charge in [-0.05, 0) is 26.0 Å². The average molecular weight is 274 g/mol. The predicted octanol–water partition coefficient (Wildman–Crippen LogP) is 2.93. The van der Waals surface area contributed by atoms with Crippen LogP contribution < -0.4 is 4.74 Å². The zero-order valence-electron chi connectivity index (χ0n) is 12.1. The quantitative estimate of drug-likeness (QED) is 0.804. The van der Waals surface area contributed by atoms with E-state index in [0.717, 1.165) is 11.3 Å². The van der Waals surface area contributed by atoms with Crippen molar-refractivity contribution in [3.63, 3.8) is 0 Å². The van der Waals surface area contributed by atoms with Gasteiger partial charge in [-0.3, -0.25) is 0 Å². The molecule has 5 nitrogen and oxygen atoms in total. The molecule has 0 fully saturated rings. The summed E-state index contributed by atoms with van der Waals surface area (Å²) in [6, 6.07) is 7.76. The van der Waals surface area contributed by atoms with Crippen molar-refractivity contribution in [2.24, 2.45) is 0 Å². The maximum Gasteiger partial charge on any atom is 0.358 e. The highest BCUT2D eigenvalue weighted by Crippen LogP contribution is 2.30. The number of methoxy groups -OCH3 is 2. The van der Waals surface area contributed by atoms with E-state index in [1.54, 1.807) is 13.3 Å². The number of para-hydroxylation sites is 1. The first-order valence-corrected chi connectivity index (χ1v) is 6.39. The third kappa shape index (κ3) is 2.52. The standard InChI is InChI=1S/C15H18N2O3/c1-10(2)17-9-12(15(18)20-4)16-14(17)11-7-5-6-8-13(11)19-3/h5-10H,1-4H3. The molecule has 5 heteroatoms. The fourth-order valence-corrected chi connectivity index (χ4v) is 2.02. The summed E-state index contributed by atoms with van der Waals surface area (Å²) in [6.07, 6.45) is 1.71. The Morgan fingerprint density at radius 3 is 2.55 bits per heavy atom. The Kier molecular flexibility index (Phi) is 4.08. The van der Waals surface area contributed by atoms with E-state index in [4.69, 9.17) is 9.47 Å². The summed E-state index contributed by atoms with van der Waals surface area (Å²) in [6.45, 7) is 4.06. The summed E-state index contributed by atoms with van der Waals surface area (Å²) >= 11 is 0. The molecule has 1 aromatic heterocycles. The van der Waals surface area contributed by atoms with Crippen LogP contribution in [0, 0.1) is 0 Å². The van der Waals surface area contributed by atoms with Crippen LogP contribution in [0.2, 0.25) is 0 Å². The molecule has 0 atom stereocenters. The Morgan fingerprint density at radius 2 is 1.95 bits per heavy atom. The zero-order chi connectivity index (χ0) is 14.7. The van der Waals surface area contributed by atoms with Gasteiger partial charge in [0.05, 0.1) is 19.8 Å². The molecule has 1 aromatic carbocycles. The Bertz CT molecular complexity index is 617. The van der Waals surface area contributed by atoms with E-state index < -0.39 is 5.97 Å². The monoisotopic (exact) mass is 274 g/mol. The van der Waals surface area contributed by atoms with Gasteiger partial charge in [-0.15, -0.1) is 0 Å².